The zero-order valence-electron chi connectivity index (χ0n) is 9.37. The largest absolute Gasteiger partial charge is 0.508 e. The fraction of sp³-hybridized carbons (Fsp3) is 0.167. The number of phenols is 1. The lowest BCUT2D eigenvalue weighted by atomic mass is 10.1. The molecule has 0 radical (unpaired) electrons. The number of amides is 1. The van der Waals surface area contributed by atoms with Crippen molar-refractivity contribution in [2.24, 2.45) is 0 Å². The van der Waals surface area contributed by atoms with Crippen LogP contribution in [0, 0.1) is 0 Å². The average molecular weight is 231 g/mol. The van der Waals surface area contributed by atoms with Crippen LogP contribution < -0.4 is 5.32 Å². The van der Waals surface area contributed by atoms with Gasteiger partial charge in [0, 0.05) is 12.4 Å². The van der Waals surface area contributed by atoms with E-state index < -0.39 is 0 Å². The number of aromatic hydroxyl groups is 1. The van der Waals surface area contributed by atoms with E-state index in [4.69, 9.17) is 0 Å². The Kier molecular flexibility index (Phi) is 3.09. The standard InChI is InChI=1S/C12H13N3O2/c1-9(10-3-2-4-11(16)7-10)14-12(17)15-6-5-13-8-15/h2-9,16H,1H3,(H,14,17). The first kappa shape index (κ1) is 11.2. The van der Waals surface area contributed by atoms with Crippen LogP contribution in [0.15, 0.2) is 43.0 Å². The van der Waals surface area contributed by atoms with Gasteiger partial charge in [0.25, 0.3) is 0 Å². The molecule has 2 rings (SSSR count). The number of hydrogen-bond acceptors (Lipinski definition) is 3. The second-order valence-corrected chi connectivity index (χ2v) is 3.74. The molecule has 0 bridgehead atoms. The Bertz CT molecular complexity index is 508. The molecule has 0 spiro atoms. The minimum absolute atomic E-state index is 0.183. The van der Waals surface area contributed by atoms with Crippen LogP contribution in [0.4, 0.5) is 4.79 Å². The second kappa shape index (κ2) is 4.69. The number of aromatic nitrogens is 2. The predicted octanol–water partition coefficient (Wildman–Crippen LogP) is 1.91. The van der Waals surface area contributed by atoms with Gasteiger partial charge in [0.2, 0.25) is 0 Å². The smallest absolute Gasteiger partial charge is 0.327 e. The summed E-state index contributed by atoms with van der Waals surface area (Å²) in [6.45, 7) is 1.85. The number of phenolic OH excluding ortho intramolecular Hbond substituents is 1. The molecule has 17 heavy (non-hydrogen) atoms. The van der Waals surface area contributed by atoms with Gasteiger partial charge in [-0.3, -0.25) is 4.57 Å². The summed E-state index contributed by atoms with van der Waals surface area (Å²) in [4.78, 5) is 15.5. The first-order valence-corrected chi connectivity index (χ1v) is 5.24. The Labute approximate surface area is 98.7 Å². The van der Waals surface area contributed by atoms with Gasteiger partial charge >= 0.3 is 6.03 Å². The molecule has 0 saturated heterocycles. The van der Waals surface area contributed by atoms with Gasteiger partial charge in [0.15, 0.2) is 0 Å². The lowest BCUT2D eigenvalue weighted by Crippen LogP contribution is -2.30. The highest BCUT2D eigenvalue weighted by molar-refractivity contribution is 5.76. The Morgan fingerprint density at radius 1 is 1.53 bits per heavy atom. The highest BCUT2D eigenvalue weighted by Gasteiger charge is 2.10. The van der Waals surface area contributed by atoms with Crippen molar-refractivity contribution in [3.8, 4) is 5.75 Å². The highest BCUT2D eigenvalue weighted by atomic mass is 16.3. The summed E-state index contributed by atoms with van der Waals surface area (Å²) in [7, 11) is 0. The van der Waals surface area contributed by atoms with Gasteiger partial charge in [0.05, 0.1) is 6.04 Å². The van der Waals surface area contributed by atoms with Crippen molar-refractivity contribution in [3.63, 3.8) is 0 Å². The molecule has 1 aromatic carbocycles. The molecular formula is C12H13N3O2. The molecule has 0 aliphatic rings. The Balaban J connectivity index is 2.07. The van der Waals surface area contributed by atoms with Gasteiger partial charge in [0.1, 0.15) is 12.1 Å². The number of benzene rings is 1. The second-order valence-electron chi connectivity index (χ2n) is 3.74. The van der Waals surface area contributed by atoms with Crippen LogP contribution in [0.2, 0.25) is 0 Å². The zero-order chi connectivity index (χ0) is 12.3. The van der Waals surface area contributed by atoms with Crippen molar-refractivity contribution in [2.45, 2.75) is 13.0 Å². The lowest BCUT2D eigenvalue weighted by molar-refractivity contribution is 0.239. The van der Waals surface area contributed by atoms with E-state index in [1.807, 2.05) is 13.0 Å². The molecule has 0 saturated carbocycles. The number of imidazole rings is 1. The molecule has 88 valence electrons. The maximum atomic E-state index is 11.7. The van der Waals surface area contributed by atoms with Gasteiger partial charge in [-0.15, -0.1) is 0 Å². The van der Waals surface area contributed by atoms with E-state index in [0.29, 0.717) is 0 Å². The molecule has 0 fully saturated rings. The van der Waals surface area contributed by atoms with E-state index in [0.717, 1.165) is 5.56 Å². The summed E-state index contributed by atoms with van der Waals surface area (Å²) in [6, 6.07) is 6.37. The first-order valence-electron chi connectivity index (χ1n) is 5.24. The third-order valence-electron chi connectivity index (χ3n) is 2.45. The molecule has 1 atom stereocenters. The summed E-state index contributed by atoms with van der Waals surface area (Å²) in [5.74, 6) is 0.186. The van der Waals surface area contributed by atoms with E-state index in [1.165, 1.54) is 10.9 Å². The number of nitrogens with one attached hydrogen (secondary N) is 1. The number of carbonyl (C=O) groups is 1. The third kappa shape index (κ3) is 2.63. The fourth-order valence-electron chi connectivity index (χ4n) is 1.52. The van der Waals surface area contributed by atoms with E-state index in [-0.39, 0.29) is 17.8 Å². The molecule has 1 heterocycles. The summed E-state index contributed by atoms with van der Waals surface area (Å²) >= 11 is 0. The fourth-order valence-corrected chi connectivity index (χ4v) is 1.52. The molecule has 1 aromatic heterocycles. The van der Waals surface area contributed by atoms with Crippen molar-refractivity contribution in [1.82, 2.24) is 14.9 Å². The van der Waals surface area contributed by atoms with Gasteiger partial charge in [-0.2, -0.15) is 0 Å². The monoisotopic (exact) mass is 231 g/mol. The van der Waals surface area contributed by atoms with Gasteiger partial charge in [-0.25, -0.2) is 9.78 Å². The summed E-state index contributed by atoms with van der Waals surface area (Å²) in [5.41, 5.74) is 0.846. The quantitative estimate of drug-likeness (QED) is 0.829. The molecular weight excluding hydrogens is 218 g/mol. The van der Waals surface area contributed by atoms with Crippen molar-refractivity contribution in [1.29, 1.82) is 0 Å². The topological polar surface area (TPSA) is 67.2 Å². The van der Waals surface area contributed by atoms with E-state index in [9.17, 15) is 9.90 Å². The zero-order valence-corrected chi connectivity index (χ0v) is 9.37. The molecule has 5 heteroatoms. The minimum Gasteiger partial charge on any atom is -0.508 e. The maximum absolute atomic E-state index is 11.7. The first-order chi connectivity index (χ1) is 8.16. The molecule has 1 unspecified atom stereocenters. The number of carbonyl (C=O) groups excluding carboxylic acids is 1. The van der Waals surface area contributed by atoms with Crippen LogP contribution in [0.25, 0.3) is 0 Å². The molecule has 5 nitrogen and oxygen atoms in total. The summed E-state index contributed by atoms with van der Waals surface area (Å²) in [5, 5.41) is 12.2. The van der Waals surface area contributed by atoms with E-state index in [2.05, 4.69) is 10.3 Å². The summed E-state index contributed by atoms with van der Waals surface area (Å²) in [6.07, 6.45) is 4.55. The Morgan fingerprint density at radius 2 is 2.35 bits per heavy atom. The predicted molar refractivity (Wildman–Crippen MR) is 62.7 cm³/mol. The normalized spacial score (nSPS) is 12.1. The van der Waals surface area contributed by atoms with Crippen molar-refractivity contribution in [2.75, 3.05) is 0 Å². The molecule has 0 aliphatic heterocycles. The van der Waals surface area contributed by atoms with Gasteiger partial charge < -0.3 is 10.4 Å². The minimum atomic E-state index is -0.252. The average Bonchev–Trinajstić information content (AvgIpc) is 2.82. The van der Waals surface area contributed by atoms with Crippen molar-refractivity contribution >= 4 is 6.03 Å². The van der Waals surface area contributed by atoms with Crippen molar-refractivity contribution < 1.29 is 9.90 Å². The Morgan fingerprint density at radius 3 is 3.00 bits per heavy atom. The van der Waals surface area contributed by atoms with E-state index >= 15 is 0 Å². The van der Waals surface area contributed by atoms with Crippen LogP contribution in [-0.2, 0) is 0 Å². The van der Waals surface area contributed by atoms with E-state index in [1.54, 1.807) is 30.6 Å². The summed E-state index contributed by atoms with van der Waals surface area (Å²) < 4.78 is 1.36. The molecule has 0 aliphatic carbocycles. The number of hydrogen-bond donors (Lipinski definition) is 2. The number of rotatable bonds is 2. The van der Waals surface area contributed by atoms with Crippen LogP contribution >= 0.6 is 0 Å². The Hall–Kier alpha value is -2.30. The lowest BCUT2D eigenvalue weighted by Gasteiger charge is -2.14. The van der Waals surface area contributed by atoms with Crippen molar-refractivity contribution in [3.05, 3.63) is 48.5 Å². The van der Waals surface area contributed by atoms with Gasteiger partial charge in [-0.05, 0) is 24.6 Å². The SMILES string of the molecule is CC(NC(=O)n1ccnc1)c1cccc(O)c1. The van der Waals surface area contributed by atoms with Crippen LogP contribution in [0.3, 0.4) is 0 Å². The van der Waals surface area contributed by atoms with Gasteiger partial charge in [-0.1, -0.05) is 12.1 Å². The molecule has 2 aromatic rings. The van der Waals surface area contributed by atoms with Crippen LogP contribution in [0.1, 0.15) is 18.5 Å². The number of nitrogens with zero attached hydrogens (tertiary/aromatic N) is 2. The third-order valence-corrected chi connectivity index (χ3v) is 2.45. The molecule has 1 amide bonds. The maximum Gasteiger partial charge on any atom is 0.327 e. The highest BCUT2D eigenvalue weighted by Crippen LogP contribution is 2.17. The molecule has 2 N–H and O–H groups in total. The van der Waals surface area contributed by atoms with Crippen LogP contribution in [-0.4, -0.2) is 20.7 Å². The van der Waals surface area contributed by atoms with Crippen LogP contribution in [0.5, 0.6) is 5.75 Å².